The fourth-order valence-corrected chi connectivity index (χ4v) is 2.66. The minimum absolute atomic E-state index is 0.138. The summed E-state index contributed by atoms with van der Waals surface area (Å²) in [5.74, 6) is 2.10. The van der Waals surface area contributed by atoms with E-state index in [0.29, 0.717) is 5.82 Å². The van der Waals surface area contributed by atoms with Gasteiger partial charge in [-0.3, -0.25) is 0 Å². The average Bonchev–Trinajstić information content (AvgIpc) is 2.85. The zero-order valence-electron chi connectivity index (χ0n) is 11.9. The molecule has 4 N–H and O–H groups in total. The van der Waals surface area contributed by atoms with Gasteiger partial charge in [0.25, 0.3) is 0 Å². The maximum Gasteiger partial charge on any atom is 0.135 e. The summed E-state index contributed by atoms with van der Waals surface area (Å²) in [4.78, 5) is 8.88. The summed E-state index contributed by atoms with van der Waals surface area (Å²) < 4.78 is 0. The van der Waals surface area contributed by atoms with Crippen molar-refractivity contribution in [3.05, 3.63) is 11.4 Å². The normalized spacial score (nSPS) is 17.6. The average molecular weight is 264 g/mol. The van der Waals surface area contributed by atoms with Gasteiger partial charge in [0.1, 0.15) is 17.5 Å². The summed E-state index contributed by atoms with van der Waals surface area (Å²) in [6, 6.07) is 0. The Morgan fingerprint density at radius 3 is 2.58 bits per heavy atom. The Hall–Kier alpha value is -1.36. The predicted molar refractivity (Wildman–Crippen MR) is 77.1 cm³/mol. The third-order valence-corrected chi connectivity index (χ3v) is 3.95. The standard InChI is InChI=1S/C14H24N4O/c1-3-6-11-16-12(15)10(2)13(17-11)18-14(9-19)7-4-5-8-14/h19H,3-9H2,1-2H3,(H3,15,16,17,18). The number of aliphatic hydroxyl groups is 1. The van der Waals surface area contributed by atoms with Crippen LogP contribution in [-0.2, 0) is 6.42 Å². The maximum absolute atomic E-state index is 9.67. The molecular weight excluding hydrogens is 240 g/mol. The first-order chi connectivity index (χ1) is 9.10. The topological polar surface area (TPSA) is 84.1 Å². The SMILES string of the molecule is CCCc1nc(N)c(C)c(NC2(CO)CCCC2)n1. The van der Waals surface area contributed by atoms with Crippen molar-refractivity contribution in [2.24, 2.45) is 0 Å². The number of nitrogens with two attached hydrogens (primary N) is 1. The third-order valence-electron chi connectivity index (χ3n) is 3.95. The minimum Gasteiger partial charge on any atom is -0.394 e. The van der Waals surface area contributed by atoms with E-state index in [0.717, 1.165) is 55.7 Å². The van der Waals surface area contributed by atoms with E-state index in [4.69, 9.17) is 5.73 Å². The number of nitrogens with zero attached hydrogens (tertiary/aromatic N) is 2. The van der Waals surface area contributed by atoms with E-state index in [1.165, 1.54) is 0 Å². The smallest absolute Gasteiger partial charge is 0.135 e. The van der Waals surface area contributed by atoms with Crippen LogP contribution in [0.4, 0.5) is 11.6 Å². The van der Waals surface area contributed by atoms with Gasteiger partial charge in [-0.15, -0.1) is 0 Å². The number of nitrogen functional groups attached to an aromatic ring is 1. The molecule has 19 heavy (non-hydrogen) atoms. The number of aromatic nitrogens is 2. The van der Waals surface area contributed by atoms with Gasteiger partial charge < -0.3 is 16.2 Å². The predicted octanol–water partition coefficient (Wildman–Crippen LogP) is 2.04. The van der Waals surface area contributed by atoms with Crippen LogP contribution in [0.25, 0.3) is 0 Å². The Morgan fingerprint density at radius 1 is 1.32 bits per heavy atom. The lowest BCUT2D eigenvalue weighted by molar-refractivity contribution is 0.213. The van der Waals surface area contributed by atoms with Crippen molar-refractivity contribution in [3.8, 4) is 0 Å². The quantitative estimate of drug-likeness (QED) is 0.758. The molecule has 5 nitrogen and oxygen atoms in total. The van der Waals surface area contributed by atoms with E-state index in [-0.39, 0.29) is 12.1 Å². The molecule has 0 amide bonds. The molecule has 1 fully saturated rings. The number of aliphatic hydroxyl groups excluding tert-OH is 1. The Balaban J connectivity index is 2.27. The van der Waals surface area contributed by atoms with Crippen molar-refractivity contribution in [2.45, 2.75) is 57.9 Å². The molecule has 1 aromatic rings. The lowest BCUT2D eigenvalue weighted by atomic mass is 9.98. The summed E-state index contributed by atoms with van der Waals surface area (Å²) in [6.07, 6.45) is 6.08. The van der Waals surface area contributed by atoms with E-state index in [2.05, 4.69) is 22.2 Å². The van der Waals surface area contributed by atoms with Crippen LogP contribution >= 0.6 is 0 Å². The van der Waals surface area contributed by atoms with Crippen LogP contribution in [0.2, 0.25) is 0 Å². The van der Waals surface area contributed by atoms with Crippen molar-refractivity contribution < 1.29 is 5.11 Å². The monoisotopic (exact) mass is 264 g/mol. The molecule has 1 aliphatic rings. The summed E-state index contributed by atoms with van der Waals surface area (Å²) in [5, 5.41) is 13.1. The Labute approximate surface area is 114 Å². The molecule has 0 aliphatic heterocycles. The molecule has 0 aromatic carbocycles. The van der Waals surface area contributed by atoms with Gasteiger partial charge in [0, 0.05) is 12.0 Å². The highest BCUT2D eigenvalue weighted by atomic mass is 16.3. The fourth-order valence-electron chi connectivity index (χ4n) is 2.66. The molecule has 1 saturated carbocycles. The molecule has 106 valence electrons. The van der Waals surface area contributed by atoms with Crippen LogP contribution in [0.3, 0.4) is 0 Å². The van der Waals surface area contributed by atoms with Crippen LogP contribution in [0.1, 0.15) is 50.4 Å². The van der Waals surface area contributed by atoms with Crippen molar-refractivity contribution >= 4 is 11.6 Å². The molecular formula is C14H24N4O. The second-order valence-corrected chi connectivity index (χ2v) is 5.52. The highest BCUT2D eigenvalue weighted by molar-refractivity contribution is 5.56. The highest BCUT2D eigenvalue weighted by Gasteiger charge is 2.34. The first kappa shape index (κ1) is 14.1. The fraction of sp³-hybridized carbons (Fsp3) is 0.714. The first-order valence-corrected chi connectivity index (χ1v) is 7.12. The molecule has 5 heteroatoms. The maximum atomic E-state index is 9.67. The van der Waals surface area contributed by atoms with E-state index < -0.39 is 0 Å². The molecule has 0 unspecified atom stereocenters. The number of rotatable bonds is 5. The van der Waals surface area contributed by atoms with Gasteiger partial charge in [0.15, 0.2) is 0 Å². The van der Waals surface area contributed by atoms with Crippen LogP contribution in [0.5, 0.6) is 0 Å². The highest BCUT2D eigenvalue weighted by Crippen LogP contribution is 2.33. The Bertz CT molecular complexity index is 441. The molecule has 2 rings (SSSR count). The summed E-state index contributed by atoms with van der Waals surface area (Å²) in [7, 11) is 0. The van der Waals surface area contributed by atoms with E-state index in [1.54, 1.807) is 0 Å². The minimum atomic E-state index is -0.227. The van der Waals surface area contributed by atoms with E-state index >= 15 is 0 Å². The van der Waals surface area contributed by atoms with Crippen LogP contribution in [0, 0.1) is 6.92 Å². The van der Waals surface area contributed by atoms with Gasteiger partial charge >= 0.3 is 0 Å². The van der Waals surface area contributed by atoms with Gasteiger partial charge in [-0.2, -0.15) is 0 Å². The summed E-state index contributed by atoms with van der Waals surface area (Å²) in [6.45, 7) is 4.16. The number of anilines is 2. The Kier molecular flexibility index (Phi) is 4.24. The third kappa shape index (κ3) is 2.97. The first-order valence-electron chi connectivity index (χ1n) is 7.12. The summed E-state index contributed by atoms with van der Waals surface area (Å²) in [5.41, 5.74) is 6.60. The van der Waals surface area contributed by atoms with Gasteiger partial charge in [-0.25, -0.2) is 9.97 Å². The molecule has 1 aliphatic carbocycles. The van der Waals surface area contributed by atoms with E-state index in [9.17, 15) is 5.11 Å². The molecule has 0 radical (unpaired) electrons. The molecule has 1 heterocycles. The van der Waals surface area contributed by atoms with E-state index in [1.807, 2.05) is 6.92 Å². The number of hydrogen-bond acceptors (Lipinski definition) is 5. The van der Waals surface area contributed by atoms with Gasteiger partial charge in [0.05, 0.1) is 12.1 Å². The van der Waals surface area contributed by atoms with Crippen LogP contribution in [0.15, 0.2) is 0 Å². The largest absolute Gasteiger partial charge is 0.394 e. The number of aryl methyl sites for hydroxylation is 1. The van der Waals surface area contributed by atoms with Crippen molar-refractivity contribution in [1.82, 2.24) is 9.97 Å². The zero-order chi connectivity index (χ0) is 13.9. The summed E-state index contributed by atoms with van der Waals surface area (Å²) >= 11 is 0. The molecule has 0 atom stereocenters. The lowest BCUT2D eigenvalue weighted by Gasteiger charge is -2.29. The second kappa shape index (κ2) is 5.74. The zero-order valence-corrected chi connectivity index (χ0v) is 11.9. The molecule has 0 saturated heterocycles. The van der Waals surface area contributed by atoms with Gasteiger partial charge in [0.2, 0.25) is 0 Å². The van der Waals surface area contributed by atoms with Crippen LogP contribution < -0.4 is 11.1 Å². The van der Waals surface area contributed by atoms with Crippen molar-refractivity contribution in [1.29, 1.82) is 0 Å². The lowest BCUT2D eigenvalue weighted by Crippen LogP contribution is -2.39. The Morgan fingerprint density at radius 2 is 2.00 bits per heavy atom. The van der Waals surface area contributed by atoms with Crippen molar-refractivity contribution in [3.63, 3.8) is 0 Å². The number of hydrogen-bond donors (Lipinski definition) is 3. The van der Waals surface area contributed by atoms with Gasteiger partial charge in [-0.1, -0.05) is 19.8 Å². The number of nitrogens with one attached hydrogen (secondary N) is 1. The molecule has 0 bridgehead atoms. The molecule has 1 aromatic heterocycles. The van der Waals surface area contributed by atoms with Crippen molar-refractivity contribution in [2.75, 3.05) is 17.7 Å². The molecule has 0 spiro atoms. The van der Waals surface area contributed by atoms with Crippen LogP contribution in [-0.4, -0.2) is 27.2 Å². The second-order valence-electron chi connectivity index (χ2n) is 5.52. The van der Waals surface area contributed by atoms with Gasteiger partial charge in [-0.05, 0) is 26.2 Å².